The molecule has 0 aliphatic carbocycles. The van der Waals surface area contributed by atoms with Crippen molar-refractivity contribution in [3.8, 4) is 41.4 Å². The second kappa shape index (κ2) is 8.28. The van der Waals surface area contributed by atoms with Gasteiger partial charge in [-0.25, -0.2) is 0 Å². The molecule has 2 N–H and O–H groups in total. The Morgan fingerprint density at radius 3 is 2.29 bits per heavy atom. The second-order valence-electron chi connectivity index (χ2n) is 9.88. The molecule has 4 aromatic rings. The van der Waals surface area contributed by atoms with E-state index in [0.29, 0.717) is 47.4 Å². The van der Waals surface area contributed by atoms with Gasteiger partial charge in [0, 0.05) is 17.2 Å². The number of rotatable bonds is 5. The van der Waals surface area contributed by atoms with Crippen LogP contribution in [0, 0.1) is 34.0 Å². The summed E-state index contributed by atoms with van der Waals surface area (Å²) in [6, 6.07) is 21.7. The van der Waals surface area contributed by atoms with E-state index in [4.69, 9.17) is 14.7 Å². The van der Waals surface area contributed by atoms with Crippen molar-refractivity contribution in [2.24, 2.45) is 0 Å². The van der Waals surface area contributed by atoms with Crippen LogP contribution in [-0.2, 0) is 15.9 Å². The van der Waals surface area contributed by atoms with Gasteiger partial charge in [-0.1, -0.05) is 24.3 Å². The highest BCUT2D eigenvalue weighted by Gasteiger charge is 2.61. The van der Waals surface area contributed by atoms with Crippen LogP contribution in [0.15, 0.2) is 54.6 Å². The molecule has 6 rings (SSSR count). The van der Waals surface area contributed by atoms with Crippen molar-refractivity contribution in [2.75, 3.05) is 6.61 Å². The molecule has 2 bridgehead atoms. The minimum Gasteiger partial charge on any atom is -0.494 e. The van der Waals surface area contributed by atoms with Gasteiger partial charge in [0.15, 0.2) is 0 Å². The highest BCUT2D eigenvalue weighted by Crippen LogP contribution is 2.65. The van der Waals surface area contributed by atoms with E-state index in [2.05, 4.69) is 6.07 Å². The Labute approximate surface area is 218 Å². The predicted molar refractivity (Wildman–Crippen MR) is 137 cm³/mol. The first-order chi connectivity index (χ1) is 18.4. The van der Waals surface area contributed by atoms with E-state index in [-0.39, 0.29) is 29.5 Å². The maximum Gasteiger partial charge on any atom is 0.205 e. The van der Waals surface area contributed by atoms with E-state index in [9.17, 15) is 20.7 Å². The number of nitriles is 3. The number of hydrogen-bond donors (Lipinski definition) is 2. The number of fused-ring (bicyclic) bond motifs is 6. The van der Waals surface area contributed by atoms with E-state index in [0.717, 1.165) is 10.8 Å². The molecule has 0 saturated carbocycles. The minimum atomic E-state index is -0.857. The van der Waals surface area contributed by atoms with Crippen LogP contribution in [-0.4, -0.2) is 21.4 Å². The molecule has 1 aromatic heterocycles. The third-order valence-corrected chi connectivity index (χ3v) is 7.80. The van der Waals surface area contributed by atoms with Crippen molar-refractivity contribution < 1.29 is 19.7 Å². The van der Waals surface area contributed by atoms with Crippen molar-refractivity contribution in [2.45, 2.75) is 37.4 Å². The summed E-state index contributed by atoms with van der Waals surface area (Å²) in [6.45, 7) is 2.15. The van der Waals surface area contributed by atoms with Gasteiger partial charge in [0.05, 0.1) is 51.8 Å². The molecule has 2 aliphatic heterocycles. The quantitative estimate of drug-likeness (QED) is 0.375. The molecule has 8 nitrogen and oxygen atoms in total. The first-order valence-corrected chi connectivity index (χ1v) is 12.2. The van der Waals surface area contributed by atoms with Crippen LogP contribution in [0.1, 0.15) is 54.0 Å². The molecule has 0 unspecified atom stereocenters. The average molecular weight is 503 g/mol. The highest BCUT2D eigenvalue weighted by atomic mass is 16.5. The number of benzene rings is 3. The molecule has 0 radical (unpaired) electrons. The second-order valence-corrected chi connectivity index (χ2v) is 9.88. The Morgan fingerprint density at radius 2 is 1.55 bits per heavy atom. The van der Waals surface area contributed by atoms with E-state index < -0.39 is 11.2 Å². The van der Waals surface area contributed by atoms with Crippen LogP contribution >= 0.6 is 0 Å². The third-order valence-electron chi connectivity index (χ3n) is 7.80. The number of aromatic nitrogens is 1. The normalized spacial score (nSPS) is 21.0. The first kappa shape index (κ1) is 23.4. The average Bonchev–Trinajstić information content (AvgIpc) is 3.52. The SMILES string of the molecule is C[C@]12CC[C@](CCOc3ccc(C#N)c(C#N)c3)(O1)c1c2c(O)n(-c2ccc(C#N)c3ccccc23)c1O. The molecule has 3 aromatic carbocycles. The smallest absolute Gasteiger partial charge is 0.205 e. The van der Waals surface area contributed by atoms with E-state index in [1.54, 1.807) is 24.3 Å². The molecule has 2 aliphatic rings. The van der Waals surface area contributed by atoms with E-state index >= 15 is 0 Å². The van der Waals surface area contributed by atoms with Crippen LogP contribution in [0.25, 0.3) is 16.5 Å². The monoisotopic (exact) mass is 502 g/mol. The summed E-state index contributed by atoms with van der Waals surface area (Å²) in [7, 11) is 0. The van der Waals surface area contributed by atoms with Gasteiger partial charge < -0.3 is 19.7 Å². The Bertz CT molecular complexity index is 1770. The Morgan fingerprint density at radius 1 is 0.868 bits per heavy atom. The molecule has 8 heteroatoms. The maximum atomic E-state index is 11.6. The number of aromatic hydroxyl groups is 2. The summed E-state index contributed by atoms with van der Waals surface area (Å²) < 4.78 is 13.9. The summed E-state index contributed by atoms with van der Waals surface area (Å²) in [4.78, 5) is 0. The van der Waals surface area contributed by atoms with Gasteiger partial charge in [-0.2, -0.15) is 15.8 Å². The number of nitrogens with zero attached hydrogens (tertiary/aromatic N) is 4. The van der Waals surface area contributed by atoms with Crippen LogP contribution in [0.4, 0.5) is 0 Å². The zero-order valence-corrected chi connectivity index (χ0v) is 20.5. The van der Waals surface area contributed by atoms with Crippen LogP contribution in [0.3, 0.4) is 0 Å². The van der Waals surface area contributed by atoms with Gasteiger partial charge in [-0.05, 0) is 50.1 Å². The predicted octanol–water partition coefficient (Wildman–Crippen LogP) is 5.36. The summed E-state index contributed by atoms with van der Waals surface area (Å²) in [6.07, 6.45) is 1.71. The fraction of sp³-hybridized carbons (Fsp3) is 0.233. The van der Waals surface area contributed by atoms with Gasteiger partial charge >= 0.3 is 0 Å². The summed E-state index contributed by atoms with van der Waals surface area (Å²) in [5.41, 5.74) is 1.10. The zero-order valence-electron chi connectivity index (χ0n) is 20.5. The van der Waals surface area contributed by atoms with Crippen molar-refractivity contribution in [3.63, 3.8) is 0 Å². The molecule has 3 heterocycles. The number of ether oxygens (including phenoxy) is 2. The maximum absolute atomic E-state index is 11.6. The fourth-order valence-electron chi connectivity index (χ4n) is 6.05. The Balaban J connectivity index is 1.39. The topological polar surface area (TPSA) is 135 Å². The lowest BCUT2D eigenvalue weighted by atomic mass is 9.78. The highest BCUT2D eigenvalue weighted by molar-refractivity contribution is 5.95. The molecular formula is C30H22N4O4. The molecule has 2 atom stereocenters. The van der Waals surface area contributed by atoms with Crippen molar-refractivity contribution in [3.05, 3.63) is 82.4 Å². The lowest BCUT2D eigenvalue weighted by Crippen LogP contribution is -2.25. The molecule has 0 spiro atoms. The van der Waals surface area contributed by atoms with Gasteiger partial charge in [-0.3, -0.25) is 4.57 Å². The van der Waals surface area contributed by atoms with Gasteiger partial charge in [0.2, 0.25) is 11.8 Å². The van der Waals surface area contributed by atoms with Crippen molar-refractivity contribution in [1.82, 2.24) is 4.57 Å². The van der Waals surface area contributed by atoms with E-state index in [1.807, 2.05) is 43.3 Å². The fourth-order valence-corrected chi connectivity index (χ4v) is 6.05. The molecule has 186 valence electrons. The molecule has 1 saturated heterocycles. The summed E-state index contributed by atoms with van der Waals surface area (Å²) in [5, 5.41) is 52.5. The zero-order chi connectivity index (χ0) is 26.7. The van der Waals surface area contributed by atoms with E-state index in [1.165, 1.54) is 10.6 Å². The Hall–Kier alpha value is -4.97. The van der Waals surface area contributed by atoms with Crippen LogP contribution in [0.5, 0.6) is 17.5 Å². The van der Waals surface area contributed by atoms with Crippen LogP contribution in [0.2, 0.25) is 0 Å². The van der Waals surface area contributed by atoms with Crippen LogP contribution < -0.4 is 4.74 Å². The van der Waals surface area contributed by atoms with Gasteiger partial charge in [0.25, 0.3) is 0 Å². The van der Waals surface area contributed by atoms with Crippen molar-refractivity contribution >= 4 is 10.8 Å². The summed E-state index contributed by atoms with van der Waals surface area (Å²) >= 11 is 0. The molecule has 1 fully saturated rings. The molecule has 0 amide bonds. The van der Waals surface area contributed by atoms with Gasteiger partial charge in [-0.15, -0.1) is 0 Å². The summed E-state index contributed by atoms with van der Waals surface area (Å²) in [5.74, 6) is 0.286. The lowest BCUT2D eigenvalue weighted by Gasteiger charge is -2.26. The standard InChI is InChI=1S/C30H22N4O4/c1-29-10-11-30(38-29,12-13-37-21-8-6-18(15-31)20(14-21)17-33)26-25(29)27(35)34(28(26)36)24-9-7-19(16-32)22-4-2-3-5-23(22)24/h2-9,14,35-36H,10-13H2,1H3/t29-,30-/m1/s1. The largest absolute Gasteiger partial charge is 0.494 e. The third kappa shape index (κ3) is 3.16. The lowest BCUT2D eigenvalue weighted by molar-refractivity contribution is -0.0876. The van der Waals surface area contributed by atoms with Crippen molar-refractivity contribution in [1.29, 1.82) is 15.8 Å². The first-order valence-electron chi connectivity index (χ1n) is 12.2. The minimum absolute atomic E-state index is 0.0805. The van der Waals surface area contributed by atoms with Gasteiger partial charge in [0.1, 0.15) is 23.5 Å². The molecular weight excluding hydrogens is 480 g/mol. The Kier molecular flexibility index (Phi) is 5.11. The molecule has 38 heavy (non-hydrogen) atoms. The number of hydrogen-bond acceptors (Lipinski definition) is 7.